The number of aromatic nitrogens is 2. The molecule has 1 aromatic carbocycles. The first-order valence-electron chi connectivity index (χ1n) is 7.78. The maximum absolute atomic E-state index is 13.1. The van der Waals surface area contributed by atoms with Gasteiger partial charge in [0, 0.05) is 18.5 Å². The van der Waals surface area contributed by atoms with Gasteiger partial charge in [-0.25, -0.2) is 14.4 Å². The van der Waals surface area contributed by atoms with Gasteiger partial charge in [0.25, 0.3) is 0 Å². The summed E-state index contributed by atoms with van der Waals surface area (Å²) in [6.07, 6.45) is 3.32. The highest BCUT2D eigenvalue weighted by molar-refractivity contribution is 6.30. The smallest absolute Gasteiger partial charge is 0.225 e. The molecule has 2 heterocycles. The average molecular weight is 352 g/mol. The Morgan fingerprint density at radius 3 is 2.54 bits per heavy atom. The van der Waals surface area contributed by atoms with E-state index in [1.54, 1.807) is 12.1 Å². The second-order valence-corrected chi connectivity index (χ2v) is 6.69. The summed E-state index contributed by atoms with van der Waals surface area (Å²) in [5, 5.41) is 21.0. The number of nitrogens with zero attached hydrogens (tertiary/aromatic N) is 3. The summed E-state index contributed by atoms with van der Waals surface area (Å²) >= 11 is 5.82. The molecule has 0 spiro atoms. The zero-order valence-electron chi connectivity index (χ0n) is 13.1. The van der Waals surface area contributed by atoms with Crippen LogP contribution < -0.4 is 4.90 Å². The normalized spacial score (nSPS) is 24.2. The molecule has 1 aliphatic rings. The van der Waals surface area contributed by atoms with Crippen molar-refractivity contribution >= 4 is 17.5 Å². The van der Waals surface area contributed by atoms with Crippen LogP contribution in [0.5, 0.6) is 0 Å². The SMILES string of the molecule is OC[C@]1(Cc2ccc(F)cc2)CN(c2ncc(Cl)cn2)CC[C@@H]1O. The maximum Gasteiger partial charge on any atom is 0.225 e. The van der Waals surface area contributed by atoms with Gasteiger partial charge < -0.3 is 15.1 Å². The summed E-state index contributed by atoms with van der Waals surface area (Å²) < 4.78 is 13.1. The van der Waals surface area contributed by atoms with E-state index in [2.05, 4.69) is 9.97 Å². The van der Waals surface area contributed by atoms with E-state index in [0.29, 0.717) is 36.9 Å². The van der Waals surface area contributed by atoms with Crippen LogP contribution in [0.15, 0.2) is 36.7 Å². The summed E-state index contributed by atoms with van der Waals surface area (Å²) in [4.78, 5) is 10.4. The average Bonchev–Trinajstić information content (AvgIpc) is 2.60. The third-order valence-corrected chi connectivity index (χ3v) is 4.75. The van der Waals surface area contributed by atoms with Crippen LogP contribution in [-0.4, -0.2) is 46.0 Å². The highest BCUT2D eigenvalue weighted by atomic mass is 35.5. The molecule has 0 unspecified atom stereocenters. The lowest BCUT2D eigenvalue weighted by molar-refractivity contribution is -0.0294. The van der Waals surface area contributed by atoms with Crippen LogP contribution in [0, 0.1) is 11.2 Å². The van der Waals surface area contributed by atoms with Gasteiger partial charge in [-0.15, -0.1) is 0 Å². The zero-order chi connectivity index (χ0) is 17.2. The van der Waals surface area contributed by atoms with E-state index in [9.17, 15) is 14.6 Å². The number of hydrogen-bond donors (Lipinski definition) is 2. The number of anilines is 1. The van der Waals surface area contributed by atoms with E-state index in [1.165, 1.54) is 24.5 Å². The van der Waals surface area contributed by atoms with Crippen LogP contribution >= 0.6 is 11.6 Å². The lowest BCUT2D eigenvalue weighted by Crippen LogP contribution is -2.55. The van der Waals surface area contributed by atoms with Crippen molar-refractivity contribution in [2.75, 3.05) is 24.6 Å². The van der Waals surface area contributed by atoms with Crippen molar-refractivity contribution in [2.24, 2.45) is 5.41 Å². The molecular weight excluding hydrogens is 333 g/mol. The Balaban J connectivity index is 1.84. The van der Waals surface area contributed by atoms with Gasteiger partial charge in [-0.05, 0) is 30.5 Å². The number of piperidine rings is 1. The van der Waals surface area contributed by atoms with Gasteiger partial charge in [-0.1, -0.05) is 23.7 Å². The lowest BCUT2D eigenvalue weighted by atomic mass is 9.73. The molecule has 0 aliphatic carbocycles. The molecule has 7 heteroatoms. The summed E-state index contributed by atoms with van der Waals surface area (Å²) in [7, 11) is 0. The molecular formula is C17H19ClFN3O2. The molecule has 0 saturated carbocycles. The Kier molecular flexibility index (Phi) is 4.99. The van der Waals surface area contributed by atoms with Crippen LogP contribution in [0.25, 0.3) is 0 Å². The first-order chi connectivity index (χ1) is 11.5. The molecule has 5 nitrogen and oxygen atoms in total. The predicted octanol–water partition coefficient (Wildman–Crippen LogP) is 2.06. The fourth-order valence-corrected chi connectivity index (χ4v) is 3.28. The molecule has 24 heavy (non-hydrogen) atoms. The quantitative estimate of drug-likeness (QED) is 0.882. The van der Waals surface area contributed by atoms with Crippen molar-refractivity contribution in [1.82, 2.24) is 9.97 Å². The molecule has 2 N–H and O–H groups in total. The highest BCUT2D eigenvalue weighted by Gasteiger charge is 2.43. The van der Waals surface area contributed by atoms with Gasteiger partial charge in [0.05, 0.1) is 30.1 Å². The summed E-state index contributed by atoms with van der Waals surface area (Å²) in [6.45, 7) is 0.813. The maximum atomic E-state index is 13.1. The van der Waals surface area contributed by atoms with Crippen molar-refractivity contribution in [2.45, 2.75) is 18.9 Å². The summed E-state index contributed by atoms with van der Waals surface area (Å²) in [5.74, 6) is 0.209. The fraction of sp³-hybridized carbons (Fsp3) is 0.412. The van der Waals surface area contributed by atoms with E-state index in [1.807, 2.05) is 4.90 Å². The number of aliphatic hydroxyl groups is 2. The van der Waals surface area contributed by atoms with Crippen molar-refractivity contribution < 1.29 is 14.6 Å². The van der Waals surface area contributed by atoms with Crippen LogP contribution in [0.2, 0.25) is 5.02 Å². The van der Waals surface area contributed by atoms with E-state index in [-0.39, 0.29) is 12.4 Å². The standard InChI is InChI=1S/C17H19ClFN3O2/c18-13-8-20-16(21-9-13)22-6-5-15(24)17(10-22,11-23)7-12-1-3-14(19)4-2-12/h1-4,8-9,15,23-24H,5-7,10-11H2/t15-,17-/m0/s1. The minimum Gasteiger partial charge on any atom is -0.396 e. The Morgan fingerprint density at radius 1 is 1.25 bits per heavy atom. The molecule has 2 atom stereocenters. The molecule has 1 aliphatic heterocycles. The minimum absolute atomic E-state index is 0.185. The summed E-state index contributed by atoms with van der Waals surface area (Å²) in [6, 6.07) is 6.12. The highest BCUT2D eigenvalue weighted by Crippen LogP contribution is 2.35. The number of rotatable bonds is 4. The van der Waals surface area contributed by atoms with E-state index >= 15 is 0 Å². The molecule has 3 rings (SSSR count). The van der Waals surface area contributed by atoms with Gasteiger partial charge in [0.2, 0.25) is 5.95 Å². The Bertz CT molecular complexity index is 683. The van der Waals surface area contributed by atoms with Crippen LogP contribution in [0.3, 0.4) is 0 Å². The topological polar surface area (TPSA) is 69.5 Å². The lowest BCUT2D eigenvalue weighted by Gasteiger charge is -2.45. The van der Waals surface area contributed by atoms with Gasteiger partial charge in [-0.2, -0.15) is 0 Å². The van der Waals surface area contributed by atoms with E-state index in [4.69, 9.17) is 11.6 Å². The molecule has 1 aromatic heterocycles. The van der Waals surface area contributed by atoms with Crippen LogP contribution in [0.4, 0.5) is 10.3 Å². The van der Waals surface area contributed by atoms with Gasteiger partial charge >= 0.3 is 0 Å². The Morgan fingerprint density at radius 2 is 1.92 bits per heavy atom. The van der Waals surface area contributed by atoms with Crippen molar-refractivity contribution in [3.8, 4) is 0 Å². The van der Waals surface area contributed by atoms with E-state index < -0.39 is 11.5 Å². The Hall–Kier alpha value is -1.76. The molecule has 0 amide bonds. The molecule has 0 radical (unpaired) electrons. The number of benzene rings is 1. The van der Waals surface area contributed by atoms with Crippen LogP contribution in [0.1, 0.15) is 12.0 Å². The third kappa shape index (κ3) is 3.50. The molecule has 128 valence electrons. The third-order valence-electron chi connectivity index (χ3n) is 4.56. The first-order valence-corrected chi connectivity index (χ1v) is 8.16. The van der Waals surface area contributed by atoms with Gasteiger partial charge in [-0.3, -0.25) is 0 Å². The Labute approximate surface area is 144 Å². The number of aliphatic hydroxyl groups excluding tert-OH is 2. The minimum atomic E-state index is -0.751. The van der Waals surface area contributed by atoms with Gasteiger partial charge in [0.15, 0.2) is 0 Å². The first kappa shape index (κ1) is 17.1. The molecule has 1 saturated heterocycles. The summed E-state index contributed by atoms with van der Waals surface area (Å²) in [5.41, 5.74) is 0.113. The van der Waals surface area contributed by atoms with Crippen molar-refractivity contribution in [3.05, 3.63) is 53.1 Å². The van der Waals surface area contributed by atoms with Crippen molar-refractivity contribution in [3.63, 3.8) is 0 Å². The van der Waals surface area contributed by atoms with E-state index in [0.717, 1.165) is 5.56 Å². The fourth-order valence-electron chi connectivity index (χ4n) is 3.18. The predicted molar refractivity (Wildman–Crippen MR) is 89.5 cm³/mol. The number of hydrogen-bond acceptors (Lipinski definition) is 5. The number of halogens is 2. The van der Waals surface area contributed by atoms with Gasteiger partial charge in [0.1, 0.15) is 5.82 Å². The molecule has 0 bridgehead atoms. The van der Waals surface area contributed by atoms with Crippen molar-refractivity contribution in [1.29, 1.82) is 0 Å². The second kappa shape index (κ2) is 7.01. The zero-order valence-corrected chi connectivity index (χ0v) is 13.8. The largest absolute Gasteiger partial charge is 0.396 e. The van der Waals surface area contributed by atoms with Crippen LogP contribution in [-0.2, 0) is 6.42 Å². The molecule has 1 fully saturated rings. The second-order valence-electron chi connectivity index (χ2n) is 6.25. The molecule has 2 aromatic rings. The monoisotopic (exact) mass is 351 g/mol.